The molecular weight excluding hydrogens is 488 g/mol. The van der Waals surface area contributed by atoms with Crippen LogP contribution >= 0.6 is 0 Å². The number of aromatic nitrogens is 4. The summed E-state index contributed by atoms with van der Waals surface area (Å²) in [5.74, 6) is 1.96. The highest BCUT2D eigenvalue weighted by Gasteiger charge is 2.13. The average molecular weight is 513 g/mol. The number of hydrogen-bond donors (Lipinski definition) is 0. The second-order valence-electron chi connectivity index (χ2n) is 9.58. The van der Waals surface area contributed by atoms with Crippen LogP contribution in [0.2, 0.25) is 0 Å². The minimum atomic E-state index is 0.646. The Balaban J connectivity index is 1.26. The van der Waals surface area contributed by atoms with E-state index in [1.165, 1.54) is 5.39 Å². The number of rotatable bonds is 5. The Morgan fingerprint density at radius 3 is 1.50 bits per heavy atom. The number of pyridine rings is 1. The van der Waals surface area contributed by atoms with Gasteiger partial charge in [-0.05, 0) is 28.6 Å². The van der Waals surface area contributed by atoms with Crippen molar-refractivity contribution >= 4 is 10.8 Å². The summed E-state index contributed by atoms with van der Waals surface area (Å²) in [5, 5.41) is 2.33. The van der Waals surface area contributed by atoms with Gasteiger partial charge in [0.15, 0.2) is 17.5 Å². The first-order chi connectivity index (χ1) is 19.8. The van der Waals surface area contributed by atoms with Crippen LogP contribution in [0.5, 0.6) is 0 Å². The summed E-state index contributed by atoms with van der Waals surface area (Å²) in [6.07, 6.45) is 1.88. The lowest BCUT2D eigenvalue weighted by molar-refractivity contribution is 1.07. The first kappa shape index (κ1) is 23.6. The maximum atomic E-state index is 4.85. The topological polar surface area (TPSA) is 51.6 Å². The van der Waals surface area contributed by atoms with Crippen LogP contribution in [0.25, 0.3) is 67.3 Å². The predicted molar refractivity (Wildman–Crippen MR) is 162 cm³/mol. The Morgan fingerprint density at radius 1 is 0.350 bits per heavy atom. The molecule has 5 aromatic carbocycles. The Kier molecular flexibility index (Phi) is 6.11. The van der Waals surface area contributed by atoms with E-state index in [4.69, 9.17) is 19.9 Å². The minimum absolute atomic E-state index is 0.646. The summed E-state index contributed by atoms with van der Waals surface area (Å²) in [6, 6.07) is 47.4. The molecule has 2 aromatic heterocycles. The van der Waals surface area contributed by atoms with Crippen LogP contribution in [-0.2, 0) is 0 Å². The van der Waals surface area contributed by atoms with Crippen molar-refractivity contribution in [1.29, 1.82) is 0 Å². The third kappa shape index (κ3) is 4.63. The molecule has 0 unspecified atom stereocenters. The lowest BCUT2D eigenvalue weighted by Crippen LogP contribution is -2.00. The van der Waals surface area contributed by atoms with Gasteiger partial charge in [0.05, 0.1) is 5.69 Å². The van der Waals surface area contributed by atoms with Crippen molar-refractivity contribution in [3.05, 3.63) is 146 Å². The molecule has 7 rings (SSSR count). The molecule has 0 aliphatic heterocycles. The first-order valence-electron chi connectivity index (χ1n) is 13.2. The van der Waals surface area contributed by atoms with Crippen LogP contribution in [0.1, 0.15) is 0 Å². The Morgan fingerprint density at radius 2 is 0.850 bits per heavy atom. The molecule has 2 heterocycles. The summed E-state index contributed by atoms with van der Waals surface area (Å²) in [4.78, 5) is 19.2. The first-order valence-corrected chi connectivity index (χ1v) is 13.2. The Hall–Kier alpha value is -5.48. The van der Waals surface area contributed by atoms with E-state index in [1.807, 2.05) is 66.9 Å². The standard InChI is InChI=1S/C36H24N4/c1-3-11-27(12-4-1)34-38-35(28-13-5-2-6-14-28)40-36(39-34)29-20-18-25(19-21-29)30-15-9-16-31(24-30)33-32-17-8-7-10-26(32)22-23-37-33/h1-24H. The van der Waals surface area contributed by atoms with Crippen LogP contribution in [0.3, 0.4) is 0 Å². The van der Waals surface area contributed by atoms with Crippen molar-refractivity contribution in [2.75, 3.05) is 0 Å². The fourth-order valence-electron chi connectivity index (χ4n) is 4.95. The van der Waals surface area contributed by atoms with E-state index >= 15 is 0 Å². The monoisotopic (exact) mass is 512 g/mol. The third-order valence-electron chi connectivity index (χ3n) is 6.99. The van der Waals surface area contributed by atoms with Gasteiger partial charge in [-0.2, -0.15) is 0 Å². The molecule has 40 heavy (non-hydrogen) atoms. The fourth-order valence-corrected chi connectivity index (χ4v) is 4.95. The van der Waals surface area contributed by atoms with Gasteiger partial charge >= 0.3 is 0 Å². The molecule has 7 aromatic rings. The normalized spacial score (nSPS) is 11.0. The molecule has 0 fully saturated rings. The highest BCUT2D eigenvalue weighted by molar-refractivity contribution is 5.95. The number of nitrogens with zero attached hydrogens (tertiary/aromatic N) is 4. The Labute approximate surface area is 232 Å². The zero-order valence-electron chi connectivity index (χ0n) is 21.6. The zero-order valence-corrected chi connectivity index (χ0v) is 21.6. The molecule has 4 heteroatoms. The van der Waals surface area contributed by atoms with Gasteiger partial charge in [-0.15, -0.1) is 0 Å². The summed E-state index contributed by atoms with van der Waals surface area (Å²) >= 11 is 0. The van der Waals surface area contributed by atoms with Crippen LogP contribution in [0.4, 0.5) is 0 Å². The summed E-state index contributed by atoms with van der Waals surface area (Å²) in [6.45, 7) is 0. The zero-order chi connectivity index (χ0) is 26.7. The maximum absolute atomic E-state index is 4.85. The molecule has 0 N–H and O–H groups in total. The molecule has 0 radical (unpaired) electrons. The summed E-state index contributed by atoms with van der Waals surface area (Å²) in [5.41, 5.74) is 7.18. The van der Waals surface area contributed by atoms with Crippen molar-refractivity contribution in [3.8, 4) is 56.5 Å². The lowest BCUT2D eigenvalue weighted by Gasteiger charge is -2.10. The maximum Gasteiger partial charge on any atom is 0.164 e. The van der Waals surface area contributed by atoms with Gasteiger partial charge in [-0.1, -0.05) is 127 Å². The second-order valence-corrected chi connectivity index (χ2v) is 9.58. The summed E-state index contributed by atoms with van der Waals surface area (Å²) in [7, 11) is 0. The lowest BCUT2D eigenvalue weighted by atomic mass is 9.98. The molecule has 0 aliphatic carbocycles. The highest BCUT2D eigenvalue weighted by atomic mass is 15.0. The summed E-state index contributed by atoms with van der Waals surface area (Å²) < 4.78 is 0. The van der Waals surface area contributed by atoms with E-state index in [1.54, 1.807) is 0 Å². The second kappa shape index (κ2) is 10.4. The molecule has 0 saturated carbocycles. The number of benzene rings is 5. The molecule has 0 saturated heterocycles. The van der Waals surface area contributed by atoms with Crippen LogP contribution in [-0.4, -0.2) is 19.9 Å². The molecule has 0 bridgehead atoms. The van der Waals surface area contributed by atoms with Crippen molar-refractivity contribution in [1.82, 2.24) is 19.9 Å². The van der Waals surface area contributed by atoms with E-state index in [0.717, 1.165) is 44.5 Å². The van der Waals surface area contributed by atoms with E-state index < -0.39 is 0 Å². The molecule has 188 valence electrons. The molecule has 0 atom stereocenters. The number of fused-ring (bicyclic) bond motifs is 1. The van der Waals surface area contributed by atoms with Gasteiger partial charge in [0, 0.05) is 33.8 Å². The number of hydrogen-bond acceptors (Lipinski definition) is 4. The van der Waals surface area contributed by atoms with E-state index in [9.17, 15) is 0 Å². The van der Waals surface area contributed by atoms with Crippen molar-refractivity contribution < 1.29 is 0 Å². The van der Waals surface area contributed by atoms with Gasteiger partial charge in [0.25, 0.3) is 0 Å². The van der Waals surface area contributed by atoms with Gasteiger partial charge in [0.2, 0.25) is 0 Å². The van der Waals surface area contributed by atoms with Crippen LogP contribution in [0.15, 0.2) is 146 Å². The van der Waals surface area contributed by atoms with Crippen molar-refractivity contribution in [2.45, 2.75) is 0 Å². The van der Waals surface area contributed by atoms with E-state index in [0.29, 0.717) is 17.5 Å². The molecule has 0 amide bonds. The minimum Gasteiger partial charge on any atom is -0.256 e. The van der Waals surface area contributed by atoms with E-state index in [2.05, 4.69) is 78.9 Å². The van der Waals surface area contributed by atoms with Crippen LogP contribution < -0.4 is 0 Å². The molecular formula is C36H24N4. The van der Waals surface area contributed by atoms with Gasteiger partial charge in [-0.25, -0.2) is 15.0 Å². The van der Waals surface area contributed by atoms with Crippen LogP contribution in [0, 0.1) is 0 Å². The quantitative estimate of drug-likeness (QED) is 0.231. The van der Waals surface area contributed by atoms with E-state index in [-0.39, 0.29) is 0 Å². The van der Waals surface area contributed by atoms with Gasteiger partial charge in [-0.3, -0.25) is 4.98 Å². The molecule has 0 spiro atoms. The average Bonchev–Trinajstić information content (AvgIpc) is 3.05. The predicted octanol–water partition coefficient (Wildman–Crippen LogP) is 8.75. The Bertz CT molecular complexity index is 1870. The molecule has 0 aliphatic rings. The smallest absolute Gasteiger partial charge is 0.164 e. The van der Waals surface area contributed by atoms with Gasteiger partial charge < -0.3 is 0 Å². The van der Waals surface area contributed by atoms with Gasteiger partial charge in [0.1, 0.15) is 0 Å². The fraction of sp³-hybridized carbons (Fsp3) is 0. The largest absolute Gasteiger partial charge is 0.256 e. The highest BCUT2D eigenvalue weighted by Crippen LogP contribution is 2.31. The molecule has 4 nitrogen and oxygen atoms in total. The van der Waals surface area contributed by atoms with Crippen molar-refractivity contribution in [3.63, 3.8) is 0 Å². The third-order valence-corrected chi connectivity index (χ3v) is 6.99. The SMILES string of the molecule is c1ccc(-c2nc(-c3ccccc3)nc(-c3ccc(-c4cccc(-c5nccc6ccccc56)c4)cc3)n2)cc1. The van der Waals surface area contributed by atoms with Crippen molar-refractivity contribution in [2.24, 2.45) is 0 Å².